The van der Waals surface area contributed by atoms with E-state index < -0.39 is 0 Å². The Morgan fingerprint density at radius 1 is 0.953 bits per heavy atom. The molecule has 2 saturated heterocycles. The van der Waals surface area contributed by atoms with Gasteiger partial charge in [0.25, 0.3) is 0 Å². The number of rotatable bonds is 8. The van der Waals surface area contributed by atoms with Crippen molar-refractivity contribution in [3.8, 4) is 0 Å². The molecule has 0 spiro atoms. The molecule has 6 aliphatic rings. The molecule has 4 heteroatoms. The van der Waals surface area contributed by atoms with E-state index in [1.54, 1.807) is 0 Å². The zero-order chi connectivity index (χ0) is 29.8. The van der Waals surface area contributed by atoms with Gasteiger partial charge < -0.3 is 14.4 Å². The first-order valence-electron chi connectivity index (χ1n) is 18.5. The van der Waals surface area contributed by atoms with E-state index >= 15 is 0 Å². The first-order chi connectivity index (χ1) is 20.7. The van der Waals surface area contributed by atoms with Crippen LogP contribution in [0.2, 0.25) is 0 Å². The summed E-state index contributed by atoms with van der Waals surface area (Å²) in [6.07, 6.45) is 19.3. The van der Waals surface area contributed by atoms with Crippen molar-refractivity contribution in [1.29, 1.82) is 0 Å². The Morgan fingerprint density at radius 3 is 2.51 bits per heavy atom. The summed E-state index contributed by atoms with van der Waals surface area (Å²) in [5.41, 5.74) is 2.30. The maximum Gasteiger partial charge on any atom is 0.0720 e. The van der Waals surface area contributed by atoms with Crippen LogP contribution in [0.3, 0.4) is 0 Å². The van der Waals surface area contributed by atoms with Gasteiger partial charge in [0.05, 0.1) is 24.9 Å². The van der Waals surface area contributed by atoms with Crippen molar-refractivity contribution in [3.63, 3.8) is 0 Å². The number of fused-ring (bicyclic) bond motifs is 7. The number of hydrogen-bond acceptors (Lipinski definition) is 3. The smallest absolute Gasteiger partial charge is 0.0720 e. The molecule has 1 aromatic rings. The molecule has 6 fully saturated rings. The van der Waals surface area contributed by atoms with E-state index in [-0.39, 0.29) is 0 Å². The fourth-order valence-corrected chi connectivity index (χ4v) is 12.6. The van der Waals surface area contributed by atoms with Crippen LogP contribution < -0.4 is 0 Å². The molecular weight excluding hydrogens is 594 g/mol. The number of ether oxygens (including phenoxy) is 2. The van der Waals surface area contributed by atoms with Gasteiger partial charge in [0.15, 0.2) is 0 Å². The molecule has 4 aliphatic carbocycles. The van der Waals surface area contributed by atoms with E-state index in [0.717, 1.165) is 52.5 Å². The average molecular weight is 655 g/mol. The number of likely N-dealkylation sites (tertiary alicyclic amines) is 1. The Morgan fingerprint density at radius 2 is 1.72 bits per heavy atom. The second-order valence-electron chi connectivity index (χ2n) is 16.9. The van der Waals surface area contributed by atoms with Crippen LogP contribution in [0.1, 0.15) is 117 Å². The zero-order valence-electron chi connectivity index (χ0n) is 27.7. The van der Waals surface area contributed by atoms with Crippen LogP contribution in [0.25, 0.3) is 0 Å². The second-order valence-corrected chi connectivity index (χ2v) is 17.8. The van der Waals surface area contributed by atoms with Crippen molar-refractivity contribution in [3.05, 3.63) is 34.3 Å². The van der Waals surface area contributed by atoms with Crippen molar-refractivity contribution < 1.29 is 9.47 Å². The fourth-order valence-electron chi connectivity index (χ4n) is 12.3. The van der Waals surface area contributed by atoms with Crippen molar-refractivity contribution in [2.75, 3.05) is 19.6 Å². The molecule has 7 rings (SSSR count). The third-order valence-electron chi connectivity index (χ3n) is 14.6. The van der Waals surface area contributed by atoms with Crippen molar-refractivity contribution >= 4 is 15.9 Å². The van der Waals surface area contributed by atoms with Crippen LogP contribution >= 0.6 is 15.9 Å². The lowest BCUT2D eigenvalue weighted by Crippen LogP contribution is -2.54. The maximum absolute atomic E-state index is 7.06. The van der Waals surface area contributed by atoms with Crippen LogP contribution in [-0.4, -0.2) is 42.8 Å². The van der Waals surface area contributed by atoms with Gasteiger partial charge in [-0.2, -0.15) is 0 Å². The summed E-state index contributed by atoms with van der Waals surface area (Å²) >= 11 is 3.56. The lowest BCUT2D eigenvalue weighted by Gasteiger charge is -2.61. The van der Waals surface area contributed by atoms with E-state index in [1.165, 1.54) is 109 Å². The van der Waals surface area contributed by atoms with E-state index in [2.05, 4.69) is 72.8 Å². The SMILES string of the molecule is C[C@@H](CC[C@H]1O[C@H]2C[C@H]3[C@@H]4CC[C@@H]5C[C@@H](OCc6ccc(Br)cc6)CC[C@]5(C)[C@H]4CC[C@]3(C)[C@H]2[C@@H]1C)CN1CCCCC1. The molecule has 43 heavy (non-hydrogen) atoms. The molecule has 0 aromatic heterocycles. The van der Waals surface area contributed by atoms with Crippen LogP contribution in [0.5, 0.6) is 0 Å². The highest BCUT2D eigenvalue weighted by Crippen LogP contribution is 2.70. The monoisotopic (exact) mass is 653 g/mol. The highest BCUT2D eigenvalue weighted by Gasteiger charge is 2.65. The van der Waals surface area contributed by atoms with Gasteiger partial charge in [-0.1, -0.05) is 62.2 Å². The number of hydrogen-bond donors (Lipinski definition) is 0. The average Bonchev–Trinajstić information content (AvgIpc) is 3.49. The minimum absolute atomic E-state index is 0.437. The predicted molar refractivity (Wildman–Crippen MR) is 180 cm³/mol. The lowest BCUT2D eigenvalue weighted by atomic mass is 9.44. The van der Waals surface area contributed by atoms with Gasteiger partial charge in [0.1, 0.15) is 0 Å². The molecule has 0 bridgehead atoms. The van der Waals surface area contributed by atoms with Gasteiger partial charge in [-0.05, 0) is 160 Å². The molecule has 2 heterocycles. The van der Waals surface area contributed by atoms with Crippen molar-refractivity contribution in [2.45, 2.75) is 136 Å². The summed E-state index contributed by atoms with van der Waals surface area (Å²) in [5, 5.41) is 0. The summed E-state index contributed by atoms with van der Waals surface area (Å²) in [6, 6.07) is 8.66. The van der Waals surface area contributed by atoms with Crippen LogP contribution in [0, 0.1) is 52.3 Å². The predicted octanol–water partition coefficient (Wildman–Crippen LogP) is 9.91. The quantitative estimate of drug-likeness (QED) is 0.279. The summed E-state index contributed by atoms with van der Waals surface area (Å²) in [6.45, 7) is 15.2. The second kappa shape index (κ2) is 12.6. The minimum Gasteiger partial charge on any atom is -0.374 e. The summed E-state index contributed by atoms with van der Waals surface area (Å²) in [4.78, 5) is 2.73. The van der Waals surface area contributed by atoms with Crippen molar-refractivity contribution in [2.24, 2.45) is 52.3 Å². The molecule has 0 amide bonds. The molecule has 0 radical (unpaired) electrons. The van der Waals surface area contributed by atoms with Crippen LogP contribution in [0.4, 0.5) is 0 Å². The van der Waals surface area contributed by atoms with E-state index in [9.17, 15) is 0 Å². The normalized spacial score (nSPS) is 45.2. The van der Waals surface area contributed by atoms with Gasteiger partial charge >= 0.3 is 0 Å². The molecule has 240 valence electrons. The third kappa shape index (κ3) is 5.96. The van der Waals surface area contributed by atoms with E-state index in [1.807, 2.05) is 0 Å². The number of piperidine rings is 1. The number of halogens is 1. The first-order valence-corrected chi connectivity index (χ1v) is 19.3. The minimum atomic E-state index is 0.437. The van der Waals surface area contributed by atoms with Gasteiger partial charge in [-0.3, -0.25) is 0 Å². The lowest BCUT2D eigenvalue weighted by molar-refractivity contribution is -0.139. The van der Waals surface area contributed by atoms with Gasteiger partial charge in [-0.15, -0.1) is 0 Å². The first kappa shape index (κ1) is 31.2. The number of nitrogens with zero attached hydrogens (tertiary/aromatic N) is 1. The van der Waals surface area contributed by atoms with E-state index in [4.69, 9.17) is 9.47 Å². The van der Waals surface area contributed by atoms with E-state index in [0.29, 0.717) is 29.1 Å². The molecule has 0 N–H and O–H groups in total. The molecule has 4 saturated carbocycles. The Balaban J connectivity index is 0.942. The molecule has 12 atom stereocenters. The highest BCUT2D eigenvalue weighted by molar-refractivity contribution is 9.10. The maximum atomic E-state index is 7.06. The largest absolute Gasteiger partial charge is 0.374 e. The third-order valence-corrected chi connectivity index (χ3v) is 15.1. The fraction of sp³-hybridized carbons (Fsp3) is 0.846. The van der Waals surface area contributed by atoms with Gasteiger partial charge in [-0.25, -0.2) is 0 Å². The molecule has 0 unspecified atom stereocenters. The summed E-state index contributed by atoms with van der Waals surface area (Å²) in [5.74, 6) is 5.87. The Kier molecular flexibility index (Phi) is 9.17. The summed E-state index contributed by atoms with van der Waals surface area (Å²) < 4.78 is 14.7. The van der Waals surface area contributed by atoms with Gasteiger partial charge in [0.2, 0.25) is 0 Å². The Labute approximate surface area is 271 Å². The number of benzene rings is 1. The Bertz CT molecular complexity index is 1090. The zero-order valence-corrected chi connectivity index (χ0v) is 29.3. The summed E-state index contributed by atoms with van der Waals surface area (Å²) in [7, 11) is 0. The van der Waals surface area contributed by atoms with Crippen molar-refractivity contribution in [1.82, 2.24) is 4.90 Å². The Hall–Kier alpha value is -0.420. The van der Waals surface area contributed by atoms with Crippen LogP contribution in [-0.2, 0) is 16.1 Å². The highest BCUT2D eigenvalue weighted by atomic mass is 79.9. The topological polar surface area (TPSA) is 21.7 Å². The molecule has 2 aliphatic heterocycles. The standard InChI is InChI=1S/C39H60BrNO2/c1-26(24-41-20-6-5-7-21-41)8-15-35-27(2)37-36(43-35)23-34-32-14-11-29-22-31(42-25-28-9-12-30(40)13-10-28)16-18-38(29,3)33(32)17-19-39(34,37)4/h9-10,12-13,26-27,29,31-37H,5-8,11,14-25H2,1-4H3/t26-,27+,29+,31-,32+,33-,34-,35+,36-,37-,38-,39-/m0/s1. The molecule has 3 nitrogen and oxygen atoms in total. The molecule has 1 aromatic carbocycles. The van der Waals surface area contributed by atoms with Gasteiger partial charge in [0, 0.05) is 11.0 Å². The van der Waals surface area contributed by atoms with Crippen LogP contribution in [0.15, 0.2) is 28.7 Å². The molecular formula is C39H60BrNO2.